The lowest BCUT2D eigenvalue weighted by Crippen LogP contribution is -1.93. The first-order chi connectivity index (χ1) is 9.20. The molecule has 0 bridgehead atoms. The van der Waals surface area contributed by atoms with Crippen LogP contribution in [0.5, 0.6) is 5.75 Å². The minimum Gasteiger partial charge on any atom is -0.496 e. The van der Waals surface area contributed by atoms with Gasteiger partial charge in [-0.1, -0.05) is 34.1 Å². The van der Waals surface area contributed by atoms with E-state index < -0.39 is 0 Å². The number of rotatable bonds is 4. The van der Waals surface area contributed by atoms with Crippen LogP contribution < -0.4 is 4.74 Å². The molecule has 2 aromatic rings. The minimum atomic E-state index is -0.0293. The molecule has 2 nitrogen and oxygen atoms in total. The summed E-state index contributed by atoms with van der Waals surface area (Å²) in [6, 6.07) is 14.9. The van der Waals surface area contributed by atoms with Gasteiger partial charge in [-0.15, -0.1) is 0 Å². The molecular formula is C16H13BrO2. The molecule has 0 N–H and O–H groups in total. The third-order valence-corrected chi connectivity index (χ3v) is 3.21. The van der Waals surface area contributed by atoms with Crippen LogP contribution in [0.2, 0.25) is 0 Å². The van der Waals surface area contributed by atoms with Crippen molar-refractivity contribution in [1.82, 2.24) is 0 Å². The van der Waals surface area contributed by atoms with Crippen LogP contribution >= 0.6 is 15.9 Å². The monoisotopic (exact) mass is 316 g/mol. The van der Waals surface area contributed by atoms with Gasteiger partial charge < -0.3 is 4.74 Å². The second-order valence-corrected chi connectivity index (χ2v) is 4.86. The maximum atomic E-state index is 12.0. The zero-order chi connectivity index (χ0) is 13.7. The number of benzene rings is 2. The molecule has 0 aliphatic heterocycles. The fourth-order valence-corrected chi connectivity index (χ4v) is 1.94. The molecule has 0 radical (unpaired) electrons. The smallest absolute Gasteiger partial charge is 0.185 e. The van der Waals surface area contributed by atoms with Crippen LogP contribution in [0.3, 0.4) is 0 Å². The molecule has 0 unspecified atom stereocenters. The molecule has 0 aliphatic rings. The van der Waals surface area contributed by atoms with Crippen LogP contribution in [0.25, 0.3) is 6.08 Å². The number of para-hydroxylation sites is 1. The fraction of sp³-hybridized carbons (Fsp3) is 0.0625. The fourth-order valence-electron chi connectivity index (χ4n) is 1.68. The van der Waals surface area contributed by atoms with Crippen molar-refractivity contribution in [2.45, 2.75) is 0 Å². The highest BCUT2D eigenvalue weighted by molar-refractivity contribution is 9.10. The van der Waals surface area contributed by atoms with Crippen molar-refractivity contribution >= 4 is 27.8 Å². The van der Waals surface area contributed by atoms with E-state index in [2.05, 4.69) is 15.9 Å². The number of halogens is 1. The standard InChI is InChI=1S/C16H13BrO2/c1-19-16-5-3-2-4-13(16)8-11-15(18)12-6-9-14(17)10-7-12/h2-11H,1H3/b11-8+. The van der Waals surface area contributed by atoms with Gasteiger partial charge in [-0.25, -0.2) is 0 Å². The molecular weight excluding hydrogens is 304 g/mol. The quantitative estimate of drug-likeness (QED) is 0.619. The highest BCUT2D eigenvalue weighted by Crippen LogP contribution is 2.19. The molecule has 0 fully saturated rings. The zero-order valence-electron chi connectivity index (χ0n) is 10.5. The van der Waals surface area contributed by atoms with E-state index >= 15 is 0 Å². The Morgan fingerprint density at radius 2 is 1.79 bits per heavy atom. The second kappa shape index (κ2) is 6.34. The lowest BCUT2D eigenvalue weighted by atomic mass is 10.1. The van der Waals surface area contributed by atoms with Gasteiger partial charge >= 0.3 is 0 Å². The second-order valence-electron chi connectivity index (χ2n) is 3.95. The topological polar surface area (TPSA) is 26.3 Å². The van der Waals surface area contributed by atoms with Crippen molar-refractivity contribution in [2.75, 3.05) is 7.11 Å². The maximum absolute atomic E-state index is 12.0. The number of ether oxygens (including phenoxy) is 1. The predicted octanol–water partition coefficient (Wildman–Crippen LogP) is 4.35. The van der Waals surface area contributed by atoms with Gasteiger partial charge in [0, 0.05) is 15.6 Å². The Morgan fingerprint density at radius 1 is 1.11 bits per heavy atom. The number of allylic oxidation sites excluding steroid dienone is 1. The van der Waals surface area contributed by atoms with Gasteiger partial charge in [0.25, 0.3) is 0 Å². The van der Waals surface area contributed by atoms with Crippen LogP contribution in [-0.4, -0.2) is 12.9 Å². The summed E-state index contributed by atoms with van der Waals surface area (Å²) < 4.78 is 6.19. The van der Waals surface area contributed by atoms with Crippen LogP contribution in [-0.2, 0) is 0 Å². The van der Waals surface area contributed by atoms with E-state index in [1.54, 1.807) is 31.4 Å². The molecule has 2 rings (SSSR count). The summed E-state index contributed by atoms with van der Waals surface area (Å²) >= 11 is 3.34. The van der Waals surface area contributed by atoms with E-state index in [1.165, 1.54) is 0 Å². The molecule has 19 heavy (non-hydrogen) atoms. The Labute approximate surface area is 120 Å². The highest BCUT2D eigenvalue weighted by Gasteiger charge is 2.02. The van der Waals surface area contributed by atoms with Crippen LogP contribution in [0.15, 0.2) is 59.1 Å². The van der Waals surface area contributed by atoms with Gasteiger partial charge in [-0.05, 0) is 42.5 Å². The molecule has 0 aliphatic carbocycles. The molecule has 3 heteroatoms. The van der Waals surface area contributed by atoms with Crippen molar-refractivity contribution in [2.24, 2.45) is 0 Å². The van der Waals surface area contributed by atoms with Crippen molar-refractivity contribution in [3.8, 4) is 5.75 Å². The first kappa shape index (κ1) is 13.6. The number of carbonyl (C=O) groups excluding carboxylic acids is 1. The van der Waals surface area contributed by atoms with E-state index in [4.69, 9.17) is 4.74 Å². The normalized spacial score (nSPS) is 10.6. The number of methoxy groups -OCH3 is 1. The van der Waals surface area contributed by atoms with Gasteiger partial charge in [-0.3, -0.25) is 4.79 Å². The lowest BCUT2D eigenvalue weighted by Gasteiger charge is -2.03. The Bertz CT molecular complexity index is 600. The third-order valence-electron chi connectivity index (χ3n) is 2.68. The van der Waals surface area contributed by atoms with Crippen molar-refractivity contribution in [3.05, 3.63) is 70.2 Å². The lowest BCUT2D eigenvalue weighted by molar-refractivity contribution is 0.104. The number of ketones is 1. The molecule has 0 saturated heterocycles. The zero-order valence-corrected chi connectivity index (χ0v) is 12.1. The van der Waals surface area contributed by atoms with Gasteiger partial charge in [-0.2, -0.15) is 0 Å². The minimum absolute atomic E-state index is 0.0293. The molecule has 0 saturated carbocycles. The summed E-state index contributed by atoms with van der Waals surface area (Å²) in [5.74, 6) is 0.723. The first-order valence-corrected chi connectivity index (χ1v) is 6.61. The van der Waals surface area contributed by atoms with E-state index in [-0.39, 0.29) is 5.78 Å². The summed E-state index contributed by atoms with van der Waals surface area (Å²) in [6.45, 7) is 0. The van der Waals surface area contributed by atoms with E-state index in [9.17, 15) is 4.79 Å². The number of hydrogen-bond acceptors (Lipinski definition) is 2. The molecule has 0 spiro atoms. The molecule has 96 valence electrons. The van der Waals surface area contributed by atoms with Crippen molar-refractivity contribution in [1.29, 1.82) is 0 Å². The molecule has 2 aromatic carbocycles. The molecule has 0 aromatic heterocycles. The van der Waals surface area contributed by atoms with Crippen molar-refractivity contribution < 1.29 is 9.53 Å². The van der Waals surface area contributed by atoms with E-state index in [0.29, 0.717) is 5.56 Å². The third kappa shape index (κ3) is 3.55. The van der Waals surface area contributed by atoms with E-state index in [1.807, 2.05) is 36.4 Å². The summed E-state index contributed by atoms with van der Waals surface area (Å²) in [5, 5.41) is 0. The summed E-state index contributed by atoms with van der Waals surface area (Å²) in [4.78, 5) is 12.0. The predicted molar refractivity (Wildman–Crippen MR) is 80.5 cm³/mol. The van der Waals surface area contributed by atoms with Gasteiger partial charge in [0.15, 0.2) is 5.78 Å². The number of hydrogen-bond donors (Lipinski definition) is 0. The Morgan fingerprint density at radius 3 is 2.47 bits per heavy atom. The van der Waals surface area contributed by atoms with Crippen molar-refractivity contribution in [3.63, 3.8) is 0 Å². The SMILES string of the molecule is COc1ccccc1/C=C/C(=O)c1ccc(Br)cc1. The summed E-state index contributed by atoms with van der Waals surface area (Å²) in [5.41, 5.74) is 1.55. The summed E-state index contributed by atoms with van der Waals surface area (Å²) in [7, 11) is 1.61. The summed E-state index contributed by atoms with van der Waals surface area (Å²) in [6.07, 6.45) is 3.32. The molecule has 0 heterocycles. The Kier molecular flexibility index (Phi) is 4.53. The van der Waals surface area contributed by atoms with Gasteiger partial charge in [0.05, 0.1) is 7.11 Å². The van der Waals surface area contributed by atoms with Crippen LogP contribution in [0, 0.1) is 0 Å². The van der Waals surface area contributed by atoms with Crippen LogP contribution in [0.4, 0.5) is 0 Å². The highest BCUT2D eigenvalue weighted by atomic mass is 79.9. The number of carbonyl (C=O) groups is 1. The Balaban J connectivity index is 2.18. The maximum Gasteiger partial charge on any atom is 0.185 e. The average molecular weight is 317 g/mol. The average Bonchev–Trinajstić information content (AvgIpc) is 2.45. The molecule has 0 amide bonds. The van der Waals surface area contributed by atoms with E-state index in [0.717, 1.165) is 15.8 Å². The molecule has 0 atom stereocenters. The van der Waals surface area contributed by atoms with Gasteiger partial charge in [0.1, 0.15) is 5.75 Å². The van der Waals surface area contributed by atoms with Gasteiger partial charge in [0.2, 0.25) is 0 Å². The largest absolute Gasteiger partial charge is 0.496 e. The first-order valence-electron chi connectivity index (χ1n) is 5.81. The van der Waals surface area contributed by atoms with Crippen LogP contribution in [0.1, 0.15) is 15.9 Å². The Hall–Kier alpha value is -1.87.